The van der Waals surface area contributed by atoms with Crippen LogP contribution in [0.4, 0.5) is 0 Å². The Kier molecular flexibility index (Phi) is 2.13. The van der Waals surface area contributed by atoms with Crippen LogP contribution in [0.5, 0.6) is 0 Å². The molecular formula is C10H18O2. The Morgan fingerprint density at radius 1 is 1.50 bits per heavy atom. The highest BCUT2D eigenvalue weighted by atomic mass is 16.5. The minimum atomic E-state index is 0.137. The molecule has 1 aliphatic carbocycles. The van der Waals surface area contributed by atoms with Crippen LogP contribution in [0.3, 0.4) is 0 Å². The topological polar surface area (TPSA) is 29.5 Å². The summed E-state index contributed by atoms with van der Waals surface area (Å²) in [7, 11) is 0. The van der Waals surface area contributed by atoms with Crippen molar-refractivity contribution in [2.24, 2.45) is 5.41 Å². The minimum absolute atomic E-state index is 0.137. The third-order valence-corrected chi connectivity index (χ3v) is 3.48. The summed E-state index contributed by atoms with van der Waals surface area (Å²) in [5, 5.41) is 9.39. The summed E-state index contributed by atoms with van der Waals surface area (Å²) < 4.78 is 5.80. The van der Waals surface area contributed by atoms with E-state index in [1.54, 1.807) is 0 Å². The van der Waals surface area contributed by atoms with Crippen LogP contribution in [-0.4, -0.2) is 23.9 Å². The normalized spacial score (nSPS) is 47.5. The highest BCUT2D eigenvalue weighted by Crippen LogP contribution is 2.47. The lowest BCUT2D eigenvalue weighted by molar-refractivity contribution is -0.0286. The summed E-state index contributed by atoms with van der Waals surface area (Å²) in [4.78, 5) is 0. The molecule has 0 radical (unpaired) electrons. The summed E-state index contributed by atoms with van der Waals surface area (Å²) in [5.41, 5.74) is 0.137. The summed E-state index contributed by atoms with van der Waals surface area (Å²) in [6, 6.07) is 0. The van der Waals surface area contributed by atoms with Crippen LogP contribution in [0, 0.1) is 5.41 Å². The molecule has 12 heavy (non-hydrogen) atoms. The van der Waals surface area contributed by atoms with Crippen LogP contribution in [0.2, 0.25) is 0 Å². The molecule has 1 saturated carbocycles. The number of ether oxygens (including phenoxy) is 1. The third kappa shape index (κ3) is 1.17. The fraction of sp³-hybridized carbons (Fsp3) is 1.00. The van der Waals surface area contributed by atoms with Gasteiger partial charge >= 0.3 is 0 Å². The number of aliphatic hydroxyl groups is 1. The lowest BCUT2D eigenvalue weighted by atomic mass is 9.71. The maximum Gasteiger partial charge on any atom is 0.0657 e. The van der Waals surface area contributed by atoms with Crippen molar-refractivity contribution in [1.29, 1.82) is 0 Å². The Balaban J connectivity index is 2.14. The number of hydrogen-bond donors (Lipinski definition) is 1. The van der Waals surface area contributed by atoms with E-state index in [9.17, 15) is 5.11 Å². The Bertz CT molecular complexity index is 169. The van der Waals surface area contributed by atoms with E-state index in [1.807, 2.05) is 0 Å². The molecule has 2 rings (SSSR count). The summed E-state index contributed by atoms with van der Waals surface area (Å²) >= 11 is 0. The molecule has 2 heteroatoms. The average Bonchev–Trinajstić information content (AvgIpc) is 2.41. The van der Waals surface area contributed by atoms with Crippen LogP contribution in [0.1, 0.15) is 39.0 Å². The molecule has 0 aromatic heterocycles. The highest BCUT2D eigenvalue weighted by Gasteiger charge is 2.47. The van der Waals surface area contributed by atoms with E-state index in [0.29, 0.717) is 18.8 Å². The molecule has 1 aliphatic heterocycles. The molecule has 2 fully saturated rings. The highest BCUT2D eigenvalue weighted by molar-refractivity contribution is 4.96. The van der Waals surface area contributed by atoms with E-state index in [-0.39, 0.29) is 5.41 Å². The Morgan fingerprint density at radius 2 is 2.33 bits per heavy atom. The molecule has 0 unspecified atom stereocenters. The van der Waals surface area contributed by atoms with E-state index in [1.165, 1.54) is 19.3 Å². The molecular weight excluding hydrogens is 152 g/mol. The molecule has 2 nitrogen and oxygen atoms in total. The van der Waals surface area contributed by atoms with Crippen molar-refractivity contribution in [2.75, 3.05) is 6.61 Å². The van der Waals surface area contributed by atoms with E-state index >= 15 is 0 Å². The summed E-state index contributed by atoms with van der Waals surface area (Å²) in [6.07, 6.45) is 6.65. The second kappa shape index (κ2) is 3.00. The quantitative estimate of drug-likeness (QED) is 0.649. The molecule has 0 spiro atoms. The molecule has 0 aromatic rings. The fourth-order valence-corrected chi connectivity index (χ4v) is 2.87. The lowest BCUT2D eigenvalue weighted by Crippen LogP contribution is -2.37. The number of aliphatic hydroxyl groups excluding tert-OH is 1. The van der Waals surface area contributed by atoms with Crippen molar-refractivity contribution in [1.82, 2.24) is 0 Å². The van der Waals surface area contributed by atoms with Crippen molar-refractivity contribution >= 4 is 0 Å². The first-order chi connectivity index (χ1) is 5.77. The second-order valence-electron chi connectivity index (χ2n) is 4.41. The molecule has 0 amide bonds. The zero-order chi connectivity index (χ0) is 8.60. The third-order valence-electron chi connectivity index (χ3n) is 3.48. The monoisotopic (exact) mass is 170 g/mol. The van der Waals surface area contributed by atoms with Gasteiger partial charge in [-0.15, -0.1) is 0 Å². The Hall–Kier alpha value is -0.0800. The molecule has 70 valence electrons. The molecule has 0 aromatic carbocycles. The SMILES string of the molecule is C[C@@H]1C[C@]2(CO)CCCC[C@@H]2O1. The maximum atomic E-state index is 9.39. The van der Waals surface area contributed by atoms with Crippen LogP contribution >= 0.6 is 0 Å². The van der Waals surface area contributed by atoms with E-state index in [4.69, 9.17) is 4.74 Å². The lowest BCUT2D eigenvalue weighted by Gasteiger charge is -2.36. The number of hydrogen-bond acceptors (Lipinski definition) is 2. The van der Waals surface area contributed by atoms with E-state index in [2.05, 4.69) is 6.92 Å². The predicted octanol–water partition coefficient (Wildman–Crippen LogP) is 1.72. The molecule has 1 heterocycles. The minimum Gasteiger partial charge on any atom is -0.396 e. The number of rotatable bonds is 1. The van der Waals surface area contributed by atoms with Gasteiger partial charge in [0.1, 0.15) is 0 Å². The van der Waals surface area contributed by atoms with Gasteiger partial charge in [0.05, 0.1) is 18.8 Å². The fourth-order valence-electron chi connectivity index (χ4n) is 2.87. The first-order valence-electron chi connectivity index (χ1n) is 5.03. The van der Waals surface area contributed by atoms with Gasteiger partial charge in [0, 0.05) is 5.41 Å². The van der Waals surface area contributed by atoms with Gasteiger partial charge in [0.25, 0.3) is 0 Å². The van der Waals surface area contributed by atoms with E-state index < -0.39 is 0 Å². The van der Waals surface area contributed by atoms with Crippen molar-refractivity contribution in [3.63, 3.8) is 0 Å². The van der Waals surface area contributed by atoms with Gasteiger partial charge in [-0.25, -0.2) is 0 Å². The first-order valence-corrected chi connectivity index (χ1v) is 5.03. The zero-order valence-corrected chi connectivity index (χ0v) is 7.75. The van der Waals surface area contributed by atoms with E-state index in [0.717, 1.165) is 12.8 Å². The molecule has 1 saturated heterocycles. The summed E-state index contributed by atoms with van der Waals surface area (Å²) in [6.45, 7) is 2.44. The smallest absolute Gasteiger partial charge is 0.0657 e. The van der Waals surface area contributed by atoms with Gasteiger partial charge in [-0.3, -0.25) is 0 Å². The largest absolute Gasteiger partial charge is 0.396 e. The maximum absolute atomic E-state index is 9.39. The van der Waals surface area contributed by atoms with Gasteiger partial charge in [-0.05, 0) is 26.2 Å². The zero-order valence-electron chi connectivity index (χ0n) is 7.75. The van der Waals surface area contributed by atoms with Crippen molar-refractivity contribution in [3.8, 4) is 0 Å². The second-order valence-corrected chi connectivity index (χ2v) is 4.41. The van der Waals surface area contributed by atoms with Crippen molar-refractivity contribution < 1.29 is 9.84 Å². The number of fused-ring (bicyclic) bond motifs is 1. The van der Waals surface area contributed by atoms with Crippen LogP contribution in [0.15, 0.2) is 0 Å². The van der Waals surface area contributed by atoms with Crippen LogP contribution in [-0.2, 0) is 4.74 Å². The molecule has 3 atom stereocenters. The van der Waals surface area contributed by atoms with Gasteiger partial charge in [-0.1, -0.05) is 12.8 Å². The van der Waals surface area contributed by atoms with Gasteiger partial charge in [0.15, 0.2) is 0 Å². The van der Waals surface area contributed by atoms with Crippen LogP contribution in [0.25, 0.3) is 0 Å². The van der Waals surface area contributed by atoms with Crippen molar-refractivity contribution in [2.45, 2.75) is 51.2 Å². The van der Waals surface area contributed by atoms with Gasteiger partial charge < -0.3 is 9.84 Å². The van der Waals surface area contributed by atoms with Gasteiger partial charge in [0.2, 0.25) is 0 Å². The Labute approximate surface area is 73.9 Å². The van der Waals surface area contributed by atoms with Crippen molar-refractivity contribution in [3.05, 3.63) is 0 Å². The predicted molar refractivity (Wildman–Crippen MR) is 46.9 cm³/mol. The summed E-state index contributed by atoms with van der Waals surface area (Å²) in [5.74, 6) is 0. The first kappa shape index (κ1) is 8.52. The standard InChI is InChI=1S/C10H18O2/c1-8-6-10(7-11)5-3-2-4-9(10)12-8/h8-9,11H,2-7H2,1H3/t8-,9+,10+/m1/s1. The molecule has 0 bridgehead atoms. The van der Waals surface area contributed by atoms with Gasteiger partial charge in [-0.2, -0.15) is 0 Å². The molecule has 2 aliphatic rings. The average molecular weight is 170 g/mol. The van der Waals surface area contributed by atoms with Crippen LogP contribution < -0.4 is 0 Å². The Morgan fingerprint density at radius 3 is 3.00 bits per heavy atom. The molecule has 1 N–H and O–H groups in total.